The van der Waals surface area contributed by atoms with Gasteiger partial charge in [0, 0.05) is 12.1 Å². The Morgan fingerprint density at radius 1 is 1.44 bits per heavy atom. The third-order valence-corrected chi connectivity index (χ3v) is 1.61. The maximum absolute atomic E-state index is 11.4. The van der Waals surface area contributed by atoms with E-state index in [0.717, 1.165) is 0 Å². The second-order valence-corrected chi connectivity index (χ2v) is 2.71. The molecule has 1 aromatic rings. The fraction of sp³-hybridized carbons (Fsp3) is 0.222. The molecular weight excluding hydrogens is 214 g/mol. The van der Waals surface area contributed by atoms with Gasteiger partial charge in [-0.05, 0) is 13.0 Å². The van der Waals surface area contributed by atoms with Crippen molar-refractivity contribution in [3.05, 3.63) is 35.3 Å². The molecule has 0 saturated carbocycles. The van der Waals surface area contributed by atoms with E-state index in [9.17, 15) is 14.8 Å². The molecule has 0 aliphatic carbocycles. The molecule has 0 aliphatic rings. The zero-order valence-corrected chi connectivity index (χ0v) is 8.60. The molecule has 7 nitrogen and oxygen atoms in total. The molecule has 1 aromatic heterocycles. The average molecular weight is 225 g/mol. The molecule has 86 valence electrons. The number of hydrazine groups is 1. The summed E-state index contributed by atoms with van der Waals surface area (Å²) in [6.45, 7) is 1.82. The number of carbonyl (C=O) groups is 2. The summed E-state index contributed by atoms with van der Waals surface area (Å²) in [5, 5.41) is 11.1. The number of nitrogens with zero attached hydrogens (tertiary/aromatic N) is 1. The highest BCUT2D eigenvalue weighted by molar-refractivity contribution is 5.91. The smallest absolute Gasteiger partial charge is 0.426 e. The van der Waals surface area contributed by atoms with Gasteiger partial charge in [-0.2, -0.15) is 4.73 Å². The quantitative estimate of drug-likeness (QED) is 0.411. The lowest BCUT2D eigenvalue weighted by Gasteiger charge is -2.06. The molecule has 0 unspecified atom stereocenters. The van der Waals surface area contributed by atoms with E-state index in [1.54, 1.807) is 6.92 Å². The second-order valence-electron chi connectivity index (χ2n) is 2.71. The molecule has 0 bridgehead atoms. The molecule has 0 radical (unpaired) electrons. The van der Waals surface area contributed by atoms with Crippen LogP contribution in [0.4, 0.5) is 4.79 Å². The van der Waals surface area contributed by atoms with Crippen LogP contribution in [0.15, 0.2) is 24.4 Å². The lowest BCUT2D eigenvalue weighted by molar-refractivity contribution is -0.607. The van der Waals surface area contributed by atoms with E-state index in [2.05, 4.69) is 4.74 Å². The molecule has 2 N–H and O–H groups in total. The van der Waals surface area contributed by atoms with E-state index in [1.165, 1.54) is 24.4 Å². The predicted octanol–water partition coefficient (Wildman–Crippen LogP) is -0.289. The Morgan fingerprint density at radius 3 is 2.81 bits per heavy atom. The van der Waals surface area contributed by atoms with Crippen molar-refractivity contribution in [3.8, 4) is 0 Å². The van der Waals surface area contributed by atoms with Crippen molar-refractivity contribution in [2.24, 2.45) is 0 Å². The SMILES string of the molecule is CCOC(=O)NNC(=O)c1cccc[n+]1[O-]. The number of nitrogens with one attached hydrogen (secondary N) is 2. The van der Waals surface area contributed by atoms with Gasteiger partial charge >= 0.3 is 12.0 Å². The van der Waals surface area contributed by atoms with Crippen LogP contribution < -0.4 is 15.6 Å². The molecule has 7 heteroatoms. The number of amides is 2. The summed E-state index contributed by atoms with van der Waals surface area (Å²) in [5.74, 6) is -0.719. The molecule has 0 fully saturated rings. The number of ether oxygens (including phenoxy) is 1. The summed E-state index contributed by atoms with van der Waals surface area (Å²) in [6.07, 6.45) is 0.392. The summed E-state index contributed by atoms with van der Waals surface area (Å²) in [7, 11) is 0. The summed E-state index contributed by atoms with van der Waals surface area (Å²) in [5.41, 5.74) is 3.91. The van der Waals surface area contributed by atoms with E-state index in [0.29, 0.717) is 4.73 Å². The molecule has 0 saturated heterocycles. The van der Waals surface area contributed by atoms with Crippen LogP contribution in [0, 0.1) is 5.21 Å². The Kier molecular flexibility index (Phi) is 4.07. The topological polar surface area (TPSA) is 94.4 Å². The lowest BCUT2D eigenvalue weighted by Crippen LogP contribution is -2.46. The second kappa shape index (κ2) is 5.54. The first-order chi connectivity index (χ1) is 7.65. The Hall–Kier alpha value is -2.31. The van der Waals surface area contributed by atoms with Crippen LogP contribution in [0.5, 0.6) is 0 Å². The van der Waals surface area contributed by atoms with Crippen LogP contribution >= 0.6 is 0 Å². The predicted molar refractivity (Wildman–Crippen MR) is 53.0 cm³/mol. The maximum Gasteiger partial charge on any atom is 0.426 e. The summed E-state index contributed by atoms with van der Waals surface area (Å²) in [6, 6.07) is 4.35. The zero-order chi connectivity index (χ0) is 12.0. The minimum Gasteiger partial charge on any atom is -0.618 e. The highest BCUT2D eigenvalue weighted by atomic mass is 16.6. The van der Waals surface area contributed by atoms with E-state index >= 15 is 0 Å². The minimum atomic E-state index is -0.788. The van der Waals surface area contributed by atoms with Gasteiger partial charge in [0.2, 0.25) is 0 Å². The third-order valence-electron chi connectivity index (χ3n) is 1.61. The Bertz CT molecular complexity index is 394. The van der Waals surface area contributed by atoms with Crippen LogP contribution in [0.25, 0.3) is 0 Å². The standard InChI is InChI=1S/C9H11N3O4/c1-2-16-9(14)11-10-8(13)7-5-3-4-6-12(7)15/h3-6H,2H2,1H3,(H,10,13)(H,11,14). The maximum atomic E-state index is 11.4. The summed E-state index contributed by atoms with van der Waals surface area (Å²) < 4.78 is 4.90. The van der Waals surface area contributed by atoms with Gasteiger partial charge in [-0.3, -0.25) is 10.2 Å². The van der Waals surface area contributed by atoms with E-state index < -0.39 is 12.0 Å². The highest BCUT2D eigenvalue weighted by Crippen LogP contribution is 1.89. The Morgan fingerprint density at radius 2 is 2.19 bits per heavy atom. The molecule has 0 aliphatic heterocycles. The normalized spacial score (nSPS) is 9.31. The van der Waals surface area contributed by atoms with Gasteiger partial charge in [0.1, 0.15) is 0 Å². The monoisotopic (exact) mass is 225 g/mol. The Balaban J connectivity index is 2.54. The van der Waals surface area contributed by atoms with Gasteiger partial charge in [-0.15, -0.1) is 0 Å². The fourth-order valence-electron chi connectivity index (χ4n) is 0.943. The largest absolute Gasteiger partial charge is 0.618 e. The van der Waals surface area contributed by atoms with Crippen molar-refractivity contribution in [1.82, 2.24) is 10.9 Å². The molecule has 0 aromatic carbocycles. The van der Waals surface area contributed by atoms with Gasteiger partial charge < -0.3 is 9.94 Å². The van der Waals surface area contributed by atoms with Crippen molar-refractivity contribution in [1.29, 1.82) is 0 Å². The fourth-order valence-corrected chi connectivity index (χ4v) is 0.943. The van der Waals surface area contributed by atoms with Crippen molar-refractivity contribution < 1.29 is 19.1 Å². The van der Waals surface area contributed by atoms with E-state index in [4.69, 9.17) is 0 Å². The van der Waals surface area contributed by atoms with Crippen molar-refractivity contribution in [2.45, 2.75) is 6.92 Å². The number of carbonyl (C=O) groups excluding carboxylic acids is 2. The zero-order valence-electron chi connectivity index (χ0n) is 8.60. The molecule has 0 spiro atoms. The number of rotatable bonds is 2. The van der Waals surface area contributed by atoms with E-state index in [-0.39, 0.29) is 12.3 Å². The van der Waals surface area contributed by atoms with Gasteiger partial charge in [0.15, 0.2) is 6.20 Å². The summed E-state index contributed by atoms with van der Waals surface area (Å²) >= 11 is 0. The average Bonchev–Trinajstić information content (AvgIpc) is 2.27. The number of aromatic nitrogens is 1. The Labute approximate surface area is 91.6 Å². The summed E-state index contributed by atoms with van der Waals surface area (Å²) in [4.78, 5) is 22.2. The van der Waals surface area contributed by atoms with Gasteiger partial charge in [0.25, 0.3) is 5.69 Å². The molecule has 1 rings (SSSR count). The minimum absolute atomic E-state index is 0.126. The van der Waals surface area contributed by atoms with Crippen LogP contribution in [0.3, 0.4) is 0 Å². The molecular formula is C9H11N3O4. The molecule has 1 heterocycles. The number of hydrogen-bond donors (Lipinski definition) is 2. The highest BCUT2D eigenvalue weighted by Gasteiger charge is 2.15. The van der Waals surface area contributed by atoms with Crippen LogP contribution in [-0.2, 0) is 4.74 Å². The lowest BCUT2D eigenvalue weighted by atomic mass is 10.3. The van der Waals surface area contributed by atoms with Crippen LogP contribution in [-0.4, -0.2) is 18.6 Å². The van der Waals surface area contributed by atoms with E-state index in [1.807, 2.05) is 10.9 Å². The first kappa shape index (κ1) is 11.8. The van der Waals surface area contributed by atoms with Crippen molar-refractivity contribution in [3.63, 3.8) is 0 Å². The van der Waals surface area contributed by atoms with Gasteiger partial charge in [-0.1, -0.05) is 0 Å². The third kappa shape index (κ3) is 3.12. The molecule has 2 amide bonds. The van der Waals surface area contributed by atoms with Crippen LogP contribution in [0.1, 0.15) is 17.4 Å². The first-order valence-electron chi connectivity index (χ1n) is 4.56. The molecule has 0 atom stereocenters. The van der Waals surface area contributed by atoms with Crippen LogP contribution in [0.2, 0.25) is 0 Å². The van der Waals surface area contributed by atoms with Crippen molar-refractivity contribution >= 4 is 12.0 Å². The van der Waals surface area contributed by atoms with Gasteiger partial charge in [-0.25, -0.2) is 10.2 Å². The number of pyridine rings is 1. The van der Waals surface area contributed by atoms with Gasteiger partial charge in [0.05, 0.1) is 6.61 Å². The van der Waals surface area contributed by atoms with Crippen molar-refractivity contribution in [2.75, 3.05) is 6.61 Å². The first-order valence-corrected chi connectivity index (χ1v) is 4.56. The molecule has 16 heavy (non-hydrogen) atoms. The number of hydrogen-bond acceptors (Lipinski definition) is 4.